The molecule has 1 rings (SSSR count). The lowest BCUT2D eigenvalue weighted by atomic mass is 10.4. The molecule has 6 heteroatoms. The highest BCUT2D eigenvalue weighted by Crippen LogP contribution is 2.15. The molecule has 0 bridgehead atoms. The smallest absolute Gasteiger partial charge is 0.306 e. The van der Waals surface area contributed by atoms with Crippen LogP contribution in [0.2, 0.25) is 0 Å². The highest BCUT2D eigenvalue weighted by Gasteiger charge is 2.08. The molecule has 0 aliphatic heterocycles. The molecule has 0 spiro atoms. The zero-order valence-corrected chi connectivity index (χ0v) is 13.3. The van der Waals surface area contributed by atoms with E-state index in [2.05, 4.69) is 10.1 Å². The van der Waals surface area contributed by atoms with Gasteiger partial charge in [0.2, 0.25) is 5.91 Å². The van der Waals surface area contributed by atoms with E-state index in [4.69, 9.17) is 0 Å². The molecule has 0 atom stereocenters. The van der Waals surface area contributed by atoms with Crippen LogP contribution < -0.4 is 5.32 Å². The number of carbonyl (C=O) groups is 2. The van der Waals surface area contributed by atoms with Crippen molar-refractivity contribution in [3.05, 3.63) is 30.3 Å². The number of hydrogen-bond donors (Lipinski definition) is 1. The Morgan fingerprint density at radius 2 is 2.00 bits per heavy atom. The van der Waals surface area contributed by atoms with E-state index in [1.54, 1.807) is 23.7 Å². The van der Waals surface area contributed by atoms with Crippen LogP contribution in [0, 0.1) is 0 Å². The highest BCUT2D eigenvalue weighted by atomic mass is 32.2. The van der Waals surface area contributed by atoms with E-state index in [0.717, 1.165) is 5.75 Å². The number of likely N-dealkylation sites (N-methyl/N-ethyl adjacent to an activating group) is 1. The minimum atomic E-state index is -0.262. The van der Waals surface area contributed by atoms with Gasteiger partial charge in [-0.05, 0) is 19.2 Å². The molecule has 1 aromatic rings. The normalized spacial score (nSPS) is 10.4. The number of amides is 1. The molecule has 5 nitrogen and oxygen atoms in total. The van der Waals surface area contributed by atoms with E-state index in [1.165, 1.54) is 12.0 Å². The fourth-order valence-corrected chi connectivity index (χ4v) is 2.43. The van der Waals surface area contributed by atoms with E-state index in [9.17, 15) is 9.59 Å². The second kappa shape index (κ2) is 10.2. The van der Waals surface area contributed by atoms with E-state index < -0.39 is 0 Å². The van der Waals surface area contributed by atoms with Crippen molar-refractivity contribution < 1.29 is 14.3 Å². The van der Waals surface area contributed by atoms with Gasteiger partial charge in [-0.2, -0.15) is 0 Å². The van der Waals surface area contributed by atoms with Gasteiger partial charge in [0, 0.05) is 23.7 Å². The summed E-state index contributed by atoms with van der Waals surface area (Å²) in [4.78, 5) is 25.7. The number of hydrogen-bond acceptors (Lipinski definition) is 5. The van der Waals surface area contributed by atoms with Crippen molar-refractivity contribution >= 4 is 23.6 Å². The van der Waals surface area contributed by atoms with Gasteiger partial charge in [0.15, 0.2) is 0 Å². The Morgan fingerprint density at radius 3 is 2.67 bits per heavy atom. The Balaban J connectivity index is 2.09. The molecule has 21 heavy (non-hydrogen) atoms. The Labute approximate surface area is 130 Å². The van der Waals surface area contributed by atoms with Crippen LogP contribution in [0.1, 0.15) is 6.42 Å². The predicted molar refractivity (Wildman–Crippen MR) is 84.3 cm³/mol. The van der Waals surface area contributed by atoms with Gasteiger partial charge < -0.3 is 10.1 Å². The van der Waals surface area contributed by atoms with Gasteiger partial charge in [0.05, 0.1) is 20.1 Å². The minimum Gasteiger partial charge on any atom is -0.469 e. The molecule has 116 valence electrons. The van der Waals surface area contributed by atoms with Crippen molar-refractivity contribution in [3.8, 4) is 0 Å². The van der Waals surface area contributed by atoms with Crippen LogP contribution in [-0.4, -0.2) is 56.3 Å². The highest BCUT2D eigenvalue weighted by molar-refractivity contribution is 7.99. The average Bonchev–Trinajstić information content (AvgIpc) is 2.50. The predicted octanol–water partition coefficient (Wildman–Crippen LogP) is 1.39. The summed E-state index contributed by atoms with van der Waals surface area (Å²) in [5, 5.41) is 2.87. The van der Waals surface area contributed by atoms with E-state index in [1.807, 2.05) is 30.3 Å². The van der Waals surface area contributed by atoms with Crippen LogP contribution in [0.15, 0.2) is 35.2 Å². The number of benzene rings is 1. The maximum atomic E-state index is 11.7. The second-order valence-corrected chi connectivity index (χ2v) is 5.74. The summed E-state index contributed by atoms with van der Waals surface area (Å²) in [5.74, 6) is 0.541. The number of nitrogens with zero attached hydrogens (tertiary/aromatic N) is 1. The fraction of sp³-hybridized carbons (Fsp3) is 0.467. The quantitative estimate of drug-likeness (QED) is 0.424. The molecule has 1 amide bonds. The topological polar surface area (TPSA) is 58.6 Å². The van der Waals surface area contributed by atoms with E-state index >= 15 is 0 Å². The largest absolute Gasteiger partial charge is 0.469 e. The number of esters is 1. The molecule has 1 aromatic carbocycles. The summed E-state index contributed by atoms with van der Waals surface area (Å²) in [7, 11) is 3.17. The van der Waals surface area contributed by atoms with Gasteiger partial charge in [-0.3, -0.25) is 14.5 Å². The molecule has 0 heterocycles. The molecule has 0 unspecified atom stereocenters. The Kier molecular flexibility index (Phi) is 8.54. The van der Waals surface area contributed by atoms with Crippen molar-refractivity contribution in [2.24, 2.45) is 0 Å². The number of ether oxygens (including phenoxy) is 1. The van der Waals surface area contributed by atoms with Crippen LogP contribution in [-0.2, 0) is 14.3 Å². The molecule has 0 saturated carbocycles. The monoisotopic (exact) mass is 310 g/mol. The molecular weight excluding hydrogens is 288 g/mol. The van der Waals surface area contributed by atoms with Crippen LogP contribution in [0.4, 0.5) is 0 Å². The molecule has 0 saturated heterocycles. The number of methoxy groups -OCH3 is 1. The first-order valence-corrected chi connectivity index (χ1v) is 7.80. The molecule has 0 fully saturated rings. The summed E-state index contributed by atoms with van der Waals surface area (Å²) in [6.07, 6.45) is 0.296. The van der Waals surface area contributed by atoms with Crippen molar-refractivity contribution in [2.45, 2.75) is 11.3 Å². The Bertz CT molecular complexity index is 440. The molecule has 0 aromatic heterocycles. The van der Waals surface area contributed by atoms with Gasteiger partial charge in [0.1, 0.15) is 0 Å². The minimum absolute atomic E-state index is 0.0315. The number of rotatable bonds is 9. The lowest BCUT2D eigenvalue weighted by Crippen LogP contribution is -2.37. The third kappa shape index (κ3) is 8.37. The zero-order valence-electron chi connectivity index (χ0n) is 12.5. The van der Waals surface area contributed by atoms with E-state index in [0.29, 0.717) is 19.5 Å². The lowest BCUT2D eigenvalue weighted by Gasteiger charge is -2.15. The third-order valence-electron chi connectivity index (χ3n) is 2.78. The first-order valence-electron chi connectivity index (χ1n) is 6.81. The standard InChI is InChI=1S/C15H22N2O3S/c1-17(10-8-15(19)20-2)12-14(18)16-9-11-21-13-6-4-3-5-7-13/h3-7H,8-12H2,1-2H3,(H,16,18). The SMILES string of the molecule is COC(=O)CCN(C)CC(=O)NCCSc1ccccc1. The first-order chi connectivity index (χ1) is 10.1. The summed E-state index contributed by atoms with van der Waals surface area (Å²) in [5.41, 5.74) is 0. The summed E-state index contributed by atoms with van der Waals surface area (Å²) >= 11 is 1.71. The van der Waals surface area contributed by atoms with Crippen molar-refractivity contribution in [1.29, 1.82) is 0 Å². The van der Waals surface area contributed by atoms with Crippen molar-refractivity contribution in [2.75, 3.05) is 39.5 Å². The Hall–Kier alpha value is -1.53. The third-order valence-corrected chi connectivity index (χ3v) is 3.79. The summed E-state index contributed by atoms with van der Waals surface area (Å²) in [6.45, 7) is 1.43. The molecule has 1 N–H and O–H groups in total. The lowest BCUT2D eigenvalue weighted by molar-refractivity contribution is -0.141. The van der Waals surface area contributed by atoms with Gasteiger partial charge in [0.25, 0.3) is 0 Å². The van der Waals surface area contributed by atoms with Gasteiger partial charge >= 0.3 is 5.97 Å². The maximum absolute atomic E-state index is 11.7. The van der Waals surface area contributed by atoms with Gasteiger partial charge in [-0.25, -0.2) is 0 Å². The number of thioether (sulfide) groups is 1. The summed E-state index contributed by atoms with van der Waals surface area (Å²) < 4.78 is 4.56. The molecule has 0 aliphatic rings. The fourth-order valence-electron chi connectivity index (χ4n) is 1.64. The van der Waals surface area contributed by atoms with Crippen LogP contribution in [0.3, 0.4) is 0 Å². The van der Waals surface area contributed by atoms with Crippen LogP contribution >= 0.6 is 11.8 Å². The number of carbonyl (C=O) groups excluding carboxylic acids is 2. The maximum Gasteiger partial charge on any atom is 0.306 e. The molecule has 0 radical (unpaired) electrons. The first kappa shape index (κ1) is 17.5. The van der Waals surface area contributed by atoms with Crippen LogP contribution in [0.25, 0.3) is 0 Å². The number of nitrogens with one attached hydrogen (secondary N) is 1. The van der Waals surface area contributed by atoms with Gasteiger partial charge in [-0.1, -0.05) is 18.2 Å². The average molecular weight is 310 g/mol. The van der Waals surface area contributed by atoms with Crippen molar-refractivity contribution in [1.82, 2.24) is 10.2 Å². The molecular formula is C15H22N2O3S. The second-order valence-electron chi connectivity index (χ2n) is 4.58. The Morgan fingerprint density at radius 1 is 1.29 bits per heavy atom. The van der Waals surface area contributed by atoms with Gasteiger partial charge in [-0.15, -0.1) is 11.8 Å². The molecule has 0 aliphatic carbocycles. The van der Waals surface area contributed by atoms with E-state index in [-0.39, 0.29) is 18.4 Å². The van der Waals surface area contributed by atoms with Crippen molar-refractivity contribution in [3.63, 3.8) is 0 Å². The zero-order chi connectivity index (χ0) is 15.5. The summed E-state index contributed by atoms with van der Waals surface area (Å²) in [6, 6.07) is 10.1. The van der Waals surface area contributed by atoms with Crippen LogP contribution in [0.5, 0.6) is 0 Å².